The number of ether oxygens (including phenoxy) is 1. The number of carbonyl (C=O) groups excluding carboxylic acids is 2. The molecule has 8 nitrogen and oxygen atoms in total. The minimum absolute atomic E-state index is 0.00805. The molecule has 2 N–H and O–H groups in total. The lowest BCUT2D eigenvalue weighted by Gasteiger charge is -2.09. The molecule has 0 fully saturated rings. The van der Waals surface area contributed by atoms with Crippen molar-refractivity contribution in [3.8, 4) is 6.07 Å². The molecular weight excluding hydrogens is 346 g/mol. The SMILES string of the molecule is CC(C)CNC(=O)COC(=O)c1ccc(S(=O)(=O)NCCC#N)cc1. The first kappa shape index (κ1) is 20.6. The molecule has 0 bridgehead atoms. The summed E-state index contributed by atoms with van der Waals surface area (Å²) in [4.78, 5) is 23.3. The molecule has 0 aliphatic rings. The third-order valence-corrected chi connectivity index (χ3v) is 4.45. The Morgan fingerprint density at radius 1 is 1.24 bits per heavy atom. The molecule has 0 aromatic heterocycles. The fourth-order valence-corrected chi connectivity index (χ4v) is 2.71. The average molecular weight is 367 g/mol. The highest BCUT2D eigenvalue weighted by molar-refractivity contribution is 7.89. The first-order valence-electron chi connectivity index (χ1n) is 7.66. The molecule has 0 unspecified atom stereocenters. The van der Waals surface area contributed by atoms with Crippen LogP contribution in [0, 0.1) is 17.2 Å². The Morgan fingerprint density at radius 3 is 2.44 bits per heavy atom. The van der Waals surface area contributed by atoms with E-state index < -0.39 is 28.5 Å². The van der Waals surface area contributed by atoms with Crippen LogP contribution >= 0.6 is 0 Å². The summed E-state index contributed by atoms with van der Waals surface area (Å²) in [5, 5.41) is 11.0. The summed E-state index contributed by atoms with van der Waals surface area (Å²) in [5.41, 5.74) is 0.132. The summed E-state index contributed by atoms with van der Waals surface area (Å²) in [6, 6.07) is 6.94. The number of hydrogen-bond donors (Lipinski definition) is 2. The number of rotatable bonds is 9. The topological polar surface area (TPSA) is 125 Å². The number of esters is 1. The number of benzene rings is 1. The van der Waals surface area contributed by atoms with Crippen LogP contribution in [0.3, 0.4) is 0 Å². The Morgan fingerprint density at radius 2 is 1.88 bits per heavy atom. The van der Waals surface area contributed by atoms with Crippen molar-refractivity contribution in [2.45, 2.75) is 25.2 Å². The number of carbonyl (C=O) groups is 2. The Balaban J connectivity index is 2.59. The van der Waals surface area contributed by atoms with Gasteiger partial charge in [0, 0.05) is 19.5 Å². The van der Waals surface area contributed by atoms with E-state index in [0.717, 1.165) is 0 Å². The van der Waals surface area contributed by atoms with E-state index >= 15 is 0 Å². The number of nitriles is 1. The van der Waals surface area contributed by atoms with Crippen molar-refractivity contribution in [3.05, 3.63) is 29.8 Å². The number of hydrogen-bond acceptors (Lipinski definition) is 6. The van der Waals surface area contributed by atoms with E-state index in [4.69, 9.17) is 10.00 Å². The van der Waals surface area contributed by atoms with E-state index in [-0.39, 0.29) is 29.3 Å². The molecule has 0 saturated carbocycles. The zero-order chi connectivity index (χ0) is 18.9. The van der Waals surface area contributed by atoms with E-state index in [2.05, 4.69) is 10.0 Å². The zero-order valence-corrected chi connectivity index (χ0v) is 14.9. The molecule has 136 valence electrons. The third kappa shape index (κ3) is 7.32. The molecule has 0 heterocycles. The second-order valence-electron chi connectivity index (χ2n) is 5.60. The van der Waals surface area contributed by atoms with Gasteiger partial charge in [-0.1, -0.05) is 13.8 Å². The fraction of sp³-hybridized carbons (Fsp3) is 0.438. The van der Waals surface area contributed by atoms with Crippen LogP contribution in [0.2, 0.25) is 0 Å². The van der Waals surface area contributed by atoms with Crippen molar-refractivity contribution in [2.75, 3.05) is 19.7 Å². The molecule has 0 aliphatic carbocycles. The highest BCUT2D eigenvalue weighted by Crippen LogP contribution is 2.11. The van der Waals surface area contributed by atoms with Crippen molar-refractivity contribution in [1.82, 2.24) is 10.0 Å². The lowest BCUT2D eigenvalue weighted by molar-refractivity contribution is -0.124. The van der Waals surface area contributed by atoms with E-state index in [0.29, 0.717) is 6.54 Å². The molecule has 1 aromatic carbocycles. The maximum Gasteiger partial charge on any atom is 0.338 e. The van der Waals surface area contributed by atoms with Crippen molar-refractivity contribution in [3.63, 3.8) is 0 Å². The zero-order valence-electron chi connectivity index (χ0n) is 14.1. The smallest absolute Gasteiger partial charge is 0.338 e. The maximum absolute atomic E-state index is 11.9. The summed E-state index contributed by atoms with van der Waals surface area (Å²) in [5.74, 6) is -0.833. The third-order valence-electron chi connectivity index (χ3n) is 2.97. The minimum atomic E-state index is -3.73. The Labute approximate surface area is 147 Å². The number of nitrogens with one attached hydrogen (secondary N) is 2. The van der Waals surface area contributed by atoms with E-state index in [1.807, 2.05) is 19.9 Å². The van der Waals surface area contributed by atoms with Crippen LogP contribution in [0.15, 0.2) is 29.2 Å². The summed E-state index contributed by atoms with van der Waals surface area (Å²) in [7, 11) is -3.73. The summed E-state index contributed by atoms with van der Waals surface area (Å²) in [6.45, 7) is 3.98. The van der Waals surface area contributed by atoms with Crippen LogP contribution in [0.25, 0.3) is 0 Å². The van der Waals surface area contributed by atoms with Gasteiger partial charge in [-0.05, 0) is 30.2 Å². The van der Waals surface area contributed by atoms with E-state index in [9.17, 15) is 18.0 Å². The van der Waals surface area contributed by atoms with Gasteiger partial charge in [-0.3, -0.25) is 4.79 Å². The number of amides is 1. The quantitative estimate of drug-likeness (QED) is 0.491. The molecule has 0 radical (unpaired) electrons. The van der Waals surface area contributed by atoms with Gasteiger partial charge in [-0.15, -0.1) is 0 Å². The van der Waals surface area contributed by atoms with Crippen molar-refractivity contribution < 1.29 is 22.7 Å². The van der Waals surface area contributed by atoms with Gasteiger partial charge < -0.3 is 10.1 Å². The second kappa shape index (κ2) is 9.76. The minimum Gasteiger partial charge on any atom is -0.452 e. The molecule has 9 heteroatoms. The van der Waals surface area contributed by atoms with E-state index in [1.54, 1.807) is 0 Å². The first-order valence-corrected chi connectivity index (χ1v) is 9.15. The Bertz CT molecular complexity index is 736. The predicted octanol–water partition coefficient (Wildman–Crippen LogP) is 0.808. The van der Waals surface area contributed by atoms with Crippen LogP contribution in [0.5, 0.6) is 0 Å². The monoisotopic (exact) mass is 367 g/mol. The molecule has 0 spiro atoms. The van der Waals surface area contributed by atoms with Gasteiger partial charge in [0.05, 0.1) is 16.5 Å². The number of sulfonamides is 1. The maximum atomic E-state index is 11.9. The molecule has 1 aromatic rings. The number of nitrogens with zero attached hydrogens (tertiary/aromatic N) is 1. The van der Waals surface area contributed by atoms with Crippen LogP contribution in [-0.2, 0) is 19.6 Å². The Kier molecular flexibility index (Phi) is 8.04. The van der Waals surface area contributed by atoms with Gasteiger partial charge in [0.1, 0.15) is 0 Å². The van der Waals surface area contributed by atoms with Gasteiger partial charge in [-0.25, -0.2) is 17.9 Å². The second-order valence-corrected chi connectivity index (χ2v) is 7.37. The van der Waals surface area contributed by atoms with Gasteiger partial charge >= 0.3 is 5.97 Å². The van der Waals surface area contributed by atoms with Crippen molar-refractivity contribution in [1.29, 1.82) is 5.26 Å². The van der Waals surface area contributed by atoms with Gasteiger partial charge in [0.15, 0.2) is 6.61 Å². The highest BCUT2D eigenvalue weighted by atomic mass is 32.2. The van der Waals surface area contributed by atoms with Crippen LogP contribution in [0.1, 0.15) is 30.6 Å². The molecule has 25 heavy (non-hydrogen) atoms. The molecule has 0 saturated heterocycles. The highest BCUT2D eigenvalue weighted by Gasteiger charge is 2.15. The van der Waals surface area contributed by atoms with Crippen LogP contribution in [-0.4, -0.2) is 40.0 Å². The fourth-order valence-electron chi connectivity index (χ4n) is 1.68. The lowest BCUT2D eigenvalue weighted by Crippen LogP contribution is -2.31. The normalized spacial score (nSPS) is 11.0. The van der Waals surface area contributed by atoms with E-state index in [1.165, 1.54) is 24.3 Å². The standard InChI is InChI=1S/C16H21N3O5S/c1-12(2)10-18-15(20)11-24-16(21)13-4-6-14(7-5-13)25(22,23)19-9-3-8-17/h4-7,12,19H,3,9-11H2,1-2H3,(H,18,20). The largest absolute Gasteiger partial charge is 0.452 e. The van der Waals surface area contributed by atoms with Gasteiger partial charge in [-0.2, -0.15) is 5.26 Å². The molecule has 0 aliphatic heterocycles. The first-order chi connectivity index (χ1) is 11.8. The molecular formula is C16H21N3O5S. The van der Waals surface area contributed by atoms with Crippen molar-refractivity contribution >= 4 is 21.9 Å². The Hall–Kier alpha value is -2.44. The average Bonchev–Trinajstić information content (AvgIpc) is 2.58. The summed E-state index contributed by atoms with van der Waals surface area (Å²) >= 11 is 0. The molecule has 1 amide bonds. The molecule has 1 rings (SSSR count). The summed E-state index contributed by atoms with van der Waals surface area (Å²) < 4.78 is 31.0. The van der Waals surface area contributed by atoms with Crippen LogP contribution < -0.4 is 10.0 Å². The summed E-state index contributed by atoms with van der Waals surface area (Å²) in [6.07, 6.45) is 0.0580. The predicted molar refractivity (Wildman–Crippen MR) is 90.0 cm³/mol. The van der Waals surface area contributed by atoms with Gasteiger partial charge in [0.25, 0.3) is 5.91 Å². The van der Waals surface area contributed by atoms with Crippen LogP contribution in [0.4, 0.5) is 0 Å². The van der Waals surface area contributed by atoms with Gasteiger partial charge in [0.2, 0.25) is 10.0 Å². The van der Waals surface area contributed by atoms with Crippen molar-refractivity contribution in [2.24, 2.45) is 5.92 Å². The lowest BCUT2D eigenvalue weighted by atomic mass is 10.2. The molecule has 0 atom stereocenters.